The van der Waals surface area contributed by atoms with Crippen molar-refractivity contribution in [2.45, 2.75) is 19.7 Å². The highest BCUT2D eigenvalue weighted by molar-refractivity contribution is 5.44. The van der Waals surface area contributed by atoms with Crippen LogP contribution in [-0.4, -0.2) is 23.8 Å². The average molecular weight is 285 g/mol. The fourth-order valence-corrected chi connectivity index (χ4v) is 2.47. The third kappa shape index (κ3) is 3.35. The van der Waals surface area contributed by atoms with Gasteiger partial charge in [0.05, 0.1) is 6.61 Å². The van der Waals surface area contributed by atoms with E-state index >= 15 is 0 Å². The van der Waals surface area contributed by atoms with Gasteiger partial charge in [0, 0.05) is 13.1 Å². The number of aliphatic hydroxyl groups is 1. The van der Waals surface area contributed by atoms with E-state index in [1.165, 1.54) is 11.1 Å². The molecule has 0 amide bonds. The summed E-state index contributed by atoms with van der Waals surface area (Å²) in [5, 5.41) is 9.05. The Morgan fingerprint density at radius 1 is 0.905 bits per heavy atom. The first-order valence-corrected chi connectivity index (χ1v) is 7.00. The minimum atomic E-state index is 0.0906. The number of ether oxygens (including phenoxy) is 2. The zero-order valence-corrected chi connectivity index (χ0v) is 12.1. The monoisotopic (exact) mass is 285 g/mol. The molecule has 0 aliphatic carbocycles. The Kier molecular flexibility index (Phi) is 4.08. The molecule has 0 fully saturated rings. The van der Waals surface area contributed by atoms with Crippen molar-refractivity contribution in [3.05, 3.63) is 59.2 Å². The summed E-state index contributed by atoms with van der Waals surface area (Å²) in [6, 6.07) is 14.1. The van der Waals surface area contributed by atoms with Gasteiger partial charge in [-0.15, -0.1) is 0 Å². The summed E-state index contributed by atoms with van der Waals surface area (Å²) >= 11 is 0. The van der Waals surface area contributed by atoms with Crippen molar-refractivity contribution in [2.24, 2.45) is 0 Å². The molecule has 1 heterocycles. The van der Waals surface area contributed by atoms with Gasteiger partial charge in [-0.05, 0) is 35.9 Å². The summed E-state index contributed by atoms with van der Waals surface area (Å²) in [5.74, 6) is 1.65. The first-order valence-electron chi connectivity index (χ1n) is 7.00. The molecule has 0 atom stereocenters. The van der Waals surface area contributed by atoms with E-state index in [0.29, 0.717) is 6.79 Å². The first-order chi connectivity index (χ1) is 10.2. The van der Waals surface area contributed by atoms with Crippen molar-refractivity contribution in [1.82, 2.24) is 4.90 Å². The Morgan fingerprint density at radius 3 is 2.29 bits per heavy atom. The largest absolute Gasteiger partial charge is 0.454 e. The zero-order valence-electron chi connectivity index (χ0n) is 12.1. The van der Waals surface area contributed by atoms with Crippen molar-refractivity contribution in [2.75, 3.05) is 13.8 Å². The van der Waals surface area contributed by atoms with E-state index in [1.807, 2.05) is 24.3 Å². The van der Waals surface area contributed by atoms with Gasteiger partial charge in [0.15, 0.2) is 11.5 Å². The van der Waals surface area contributed by atoms with E-state index in [4.69, 9.17) is 14.6 Å². The molecule has 0 spiro atoms. The second-order valence-corrected chi connectivity index (χ2v) is 5.33. The second-order valence-electron chi connectivity index (χ2n) is 5.33. The third-order valence-electron chi connectivity index (χ3n) is 3.55. The highest BCUT2D eigenvalue weighted by Gasteiger charge is 2.13. The highest BCUT2D eigenvalue weighted by atomic mass is 16.7. The number of hydrogen-bond donors (Lipinski definition) is 1. The lowest BCUT2D eigenvalue weighted by atomic mass is 10.1. The number of aliphatic hydroxyl groups excluding tert-OH is 1. The molecule has 110 valence electrons. The lowest BCUT2D eigenvalue weighted by Gasteiger charge is -2.17. The van der Waals surface area contributed by atoms with Crippen molar-refractivity contribution in [1.29, 1.82) is 0 Å². The lowest BCUT2D eigenvalue weighted by molar-refractivity contribution is 0.174. The van der Waals surface area contributed by atoms with Gasteiger partial charge in [-0.3, -0.25) is 4.90 Å². The number of nitrogens with zero attached hydrogens (tertiary/aromatic N) is 1. The first kappa shape index (κ1) is 13.9. The molecule has 1 N–H and O–H groups in total. The van der Waals surface area contributed by atoms with E-state index in [2.05, 4.69) is 30.1 Å². The zero-order chi connectivity index (χ0) is 14.7. The lowest BCUT2D eigenvalue weighted by Crippen LogP contribution is -2.17. The maximum Gasteiger partial charge on any atom is 0.231 e. The summed E-state index contributed by atoms with van der Waals surface area (Å²) in [6.07, 6.45) is 0. The van der Waals surface area contributed by atoms with Crippen LogP contribution in [0.25, 0.3) is 0 Å². The minimum Gasteiger partial charge on any atom is -0.454 e. The molecular formula is C17H19NO3. The fraction of sp³-hybridized carbons (Fsp3) is 0.294. The van der Waals surface area contributed by atoms with Crippen LogP contribution in [-0.2, 0) is 19.7 Å². The number of benzene rings is 2. The van der Waals surface area contributed by atoms with E-state index in [-0.39, 0.29) is 6.61 Å². The van der Waals surface area contributed by atoms with Gasteiger partial charge in [0.1, 0.15) is 0 Å². The predicted octanol–water partition coefficient (Wildman–Crippen LogP) is 2.54. The third-order valence-corrected chi connectivity index (χ3v) is 3.55. The molecule has 0 aromatic heterocycles. The van der Waals surface area contributed by atoms with Gasteiger partial charge in [-0.2, -0.15) is 0 Å². The molecule has 0 unspecified atom stereocenters. The van der Waals surface area contributed by atoms with Gasteiger partial charge >= 0.3 is 0 Å². The van der Waals surface area contributed by atoms with E-state index in [1.54, 1.807) is 0 Å². The fourth-order valence-electron chi connectivity index (χ4n) is 2.47. The van der Waals surface area contributed by atoms with Crippen LogP contribution in [0.15, 0.2) is 42.5 Å². The molecule has 1 aliphatic heterocycles. The number of fused-ring (bicyclic) bond motifs is 1. The summed E-state index contributed by atoms with van der Waals surface area (Å²) in [4.78, 5) is 2.24. The van der Waals surface area contributed by atoms with E-state index in [0.717, 1.165) is 30.2 Å². The summed E-state index contributed by atoms with van der Waals surface area (Å²) in [5.41, 5.74) is 3.38. The SMILES string of the molecule is CN(Cc1ccc(CO)cc1)Cc1ccc2c(c1)OCO2. The van der Waals surface area contributed by atoms with Gasteiger partial charge in [-0.25, -0.2) is 0 Å². The summed E-state index contributed by atoms with van der Waals surface area (Å²) < 4.78 is 10.7. The van der Waals surface area contributed by atoms with Crippen LogP contribution in [0, 0.1) is 0 Å². The Bertz CT molecular complexity index is 610. The molecule has 4 heteroatoms. The Hall–Kier alpha value is -2.04. The van der Waals surface area contributed by atoms with Crippen LogP contribution in [0.5, 0.6) is 11.5 Å². The molecule has 2 aromatic rings. The van der Waals surface area contributed by atoms with Crippen LogP contribution >= 0.6 is 0 Å². The van der Waals surface area contributed by atoms with Crippen LogP contribution < -0.4 is 9.47 Å². The minimum absolute atomic E-state index is 0.0906. The van der Waals surface area contributed by atoms with Crippen molar-refractivity contribution < 1.29 is 14.6 Å². The van der Waals surface area contributed by atoms with Crippen LogP contribution in [0.3, 0.4) is 0 Å². The predicted molar refractivity (Wildman–Crippen MR) is 80.1 cm³/mol. The van der Waals surface area contributed by atoms with Crippen LogP contribution in [0.1, 0.15) is 16.7 Å². The molecule has 0 bridgehead atoms. The number of hydrogen-bond acceptors (Lipinski definition) is 4. The molecule has 21 heavy (non-hydrogen) atoms. The Labute approximate surface area is 124 Å². The van der Waals surface area contributed by atoms with Crippen molar-refractivity contribution >= 4 is 0 Å². The molecule has 0 radical (unpaired) electrons. The van der Waals surface area contributed by atoms with Crippen LogP contribution in [0.4, 0.5) is 0 Å². The average Bonchev–Trinajstić information content (AvgIpc) is 2.95. The van der Waals surface area contributed by atoms with Crippen molar-refractivity contribution in [3.8, 4) is 11.5 Å². The van der Waals surface area contributed by atoms with Gasteiger partial charge in [0.25, 0.3) is 0 Å². The topological polar surface area (TPSA) is 41.9 Å². The van der Waals surface area contributed by atoms with E-state index in [9.17, 15) is 0 Å². The molecule has 0 saturated heterocycles. The maximum atomic E-state index is 9.05. The van der Waals surface area contributed by atoms with Gasteiger partial charge < -0.3 is 14.6 Å². The molecule has 3 rings (SSSR count). The molecule has 0 saturated carbocycles. The molecular weight excluding hydrogens is 266 g/mol. The quantitative estimate of drug-likeness (QED) is 0.916. The smallest absolute Gasteiger partial charge is 0.231 e. The normalized spacial score (nSPS) is 12.9. The maximum absolute atomic E-state index is 9.05. The molecule has 4 nitrogen and oxygen atoms in total. The van der Waals surface area contributed by atoms with E-state index < -0.39 is 0 Å². The Morgan fingerprint density at radius 2 is 1.52 bits per heavy atom. The number of rotatable bonds is 5. The van der Waals surface area contributed by atoms with Crippen molar-refractivity contribution in [3.63, 3.8) is 0 Å². The summed E-state index contributed by atoms with van der Waals surface area (Å²) in [7, 11) is 2.09. The van der Waals surface area contributed by atoms with Crippen LogP contribution in [0.2, 0.25) is 0 Å². The highest BCUT2D eigenvalue weighted by Crippen LogP contribution is 2.32. The standard InChI is InChI=1S/C17H19NO3/c1-18(9-13-2-4-14(11-19)5-3-13)10-15-6-7-16-17(8-15)21-12-20-16/h2-8,19H,9-12H2,1H3. The molecule has 2 aromatic carbocycles. The van der Waals surface area contributed by atoms with Gasteiger partial charge in [0.2, 0.25) is 6.79 Å². The second kappa shape index (κ2) is 6.16. The summed E-state index contributed by atoms with van der Waals surface area (Å²) in [6.45, 7) is 2.11. The van der Waals surface area contributed by atoms with Gasteiger partial charge in [-0.1, -0.05) is 30.3 Å². The Balaban J connectivity index is 1.61. The molecule has 1 aliphatic rings.